The quantitative estimate of drug-likeness (QED) is 0.764. The smallest absolute Gasteiger partial charge is 0.207 e. The Morgan fingerprint density at radius 3 is 2.33 bits per heavy atom. The zero-order valence-electron chi connectivity index (χ0n) is 9.38. The highest BCUT2D eigenvalue weighted by molar-refractivity contribution is 9.09. The van der Waals surface area contributed by atoms with Crippen LogP contribution in [0.15, 0.2) is 23.1 Å². The molecule has 18 heavy (non-hydrogen) atoms. The van der Waals surface area contributed by atoms with Gasteiger partial charge in [-0.25, -0.2) is 21.9 Å². The maximum atomic E-state index is 13.4. The van der Waals surface area contributed by atoms with Gasteiger partial charge in [-0.1, -0.05) is 31.9 Å². The SMILES string of the molecule is CC(CBr)(CBr)NS(=O)(=O)c1cc(F)ccc1F. The second-order valence-electron chi connectivity index (χ2n) is 4.01. The van der Waals surface area contributed by atoms with Crippen LogP contribution >= 0.6 is 31.9 Å². The highest BCUT2D eigenvalue weighted by atomic mass is 79.9. The van der Waals surface area contributed by atoms with Gasteiger partial charge < -0.3 is 0 Å². The molecule has 1 rings (SSSR count). The Hall–Kier alpha value is -0.0500. The number of rotatable bonds is 5. The van der Waals surface area contributed by atoms with E-state index in [0.29, 0.717) is 16.7 Å². The molecule has 1 aromatic rings. The second kappa shape index (κ2) is 5.94. The summed E-state index contributed by atoms with van der Waals surface area (Å²) in [6.07, 6.45) is 0. The van der Waals surface area contributed by atoms with E-state index < -0.39 is 32.1 Å². The van der Waals surface area contributed by atoms with Gasteiger partial charge in [-0.2, -0.15) is 0 Å². The van der Waals surface area contributed by atoms with Crippen molar-refractivity contribution in [2.24, 2.45) is 0 Å². The van der Waals surface area contributed by atoms with Crippen LogP contribution in [0, 0.1) is 11.6 Å². The zero-order chi connectivity index (χ0) is 14.0. The third-order valence-corrected chi connectivity index (χ3v) is 6.28. The Morgan fingerprint density at radius 2 is 1.83 bits per heavy atom. The Balaban J connectivity index is 3.18. The summed E-state index contributed by atoms with van der Waals surface area (Å²) in [6.45, 7) is 1.63. The van der Waals surface area contributed by atoms with Crippen molar-refractivity contribution in [2.45, 2.75) is 17.4 Å². The van der Waals surface area contributed by atoms with Crippen LogP contribution in [0.3, 0.4) is 0 Å². The fourth-order valence-electron chi connectivity index (χ4n) is 1.15. The largest absolute Gasteiger partial charge is 0.244 e. The van der Waals surface area contributed by atoms with E-state index >= 15 is 0 Å². The lowest BCUT2D eigenvalue weighted by Gasteiger charge is -2.26. The first-order valence-electron chi connectivity index (χ1n) is 4.85. The van der Waals surface area contributed by atoms with Gasteiger partial charge in [0, 0.05) is 16.2 Å². The molecule has 0 heterocycles. The van der Waals surface area contributed by atoms with Gasteiger partial charge in [-0.15, -0.1) is 0 Å². The summed E-state index contributed by atoms with van der Waals surface area (Å²) < 4.78 is 52.7. The van der Waals surface area contributed by atoms with Gasteiger partial charge in [0.1, 0.15) is 16.5 Å². The second-order valence-corrected chi connectivity index (χ2v) is 6.78. The van der Waals surface area contributed by atoms with Crippen molar-refractivity contribution in [1.29, 1.82) is 0 Å². The van der Waals surface area contributed by atoms with Crippen LogP contribution in [-0.2, 0) is 10.0 Å². The van der Waals surface area contributed by atoms with E-state index in [1.165, 1.54) is 0 Å². The van der Waals surface area contributed by atoms with Crippen molar-refractivity contribution in [1.82, 2.24) is 4.72 Å². The molecule has 0 fully saturated rings. The van der Waals surface area contributed by atoms with Crippen LogP contribution in [0.2, 0.25) is 0 Å². The van der Waals surface area contributed by atoms with Gasteiger partial charge in [-0.3, -0.25) is 0 Å². The summed E-state index contributed by atoms with van der Waals surface area (Å²) in [4.78, 5) is -0.698. The summed E-state index contributed by atoms with van der Waals surface area (Å²) in [6, 6.07) is 2.30. The fourth-order valence-corrected chi connectivity index (χ4v) is 4.23. The Bertz CT molecular complexity index is 533. The average molecular weight is 407 g/mol. The van der Waals surface area contributed by atoms with Crippen LogP contribution in [0.4, 0.5) is 8.78 Å². The first kappa shape index (κ1) is 16.0. The number of hydrogen-bond donors (Lipinski definition) is 1. The third-order valence-electron chi connectivity index (χ3n) is 2.15. The molecule has 0 aliphatic rings. The third kappa shape index (κ3) is 3.72. The molecule has 102 valence electrons. The van der Waals surface area contributed by atoms with Gasteiger partial charge in [-0.05, 0) is 25.1 Å². The van der Waals surface area contributed by atoms with E-state index in [-0.39, 0.29) is 0 Å². The highest BCUT2D eigenvalue weighted by Gasteiger charge is 2.30. The molecule has 3 nitrogen and oxygen atoms in total. The predicted molar refractivity (Wildman–Crippen MR) is 72.7 cm³/mol. The van der Waals surface area contributed by atoms with E-state index in [4.69, 9.17) is 0 Å². The molecule has 0 bridgehead atoms. The first-order chi connectivity index (χ1) is 8.24. The minimum absolute atomic E-state index is 0.321. The zero-order valence-corrected chi connectivity index (χ0v) is 13.4. The molecule has 0 saturated carbocycles. The Labute approximate surface area is 121 Å². The molecule has 0 aliphatic carbocycles. The topological polar surface area (TPSA) is 46.2 Å². The minimum atomic E-state index is -4.12. The number of hydrogen-bond acceptors (Lipinski definition) is 2. The standard InChI is InChI=1S/C10H11Br2F2NO2S/c1-10(5-11,6-12)15-18(16,17)9-4-7(13)2-3-8(9)14/h2-4,15H,5-6H2,1H3. The Kier molecular flexibility index (Phi) is 5.28. The molecular weight excluding hydrogens is 396 g/mol. The lowest BCUT2D eigenvalue weighted by atomic mass is 10.1. The highest BCUT2D eigenvalue weighted by Crippen LogP contribution is 2.20. The molecule has 0 aliphatic heterocycles. The number of halogens is 4. The monoisotopic (exact) mass is 405 g/mol. The van der Waals surface area contributed by atoms with E-state index in [0.717, 1.165) is 12.1 Å². The summed E-state index contributed by atoms with van der Waals surface area (Å²) in [5.41, 5.74) is -0.836. The van der Waals surface area contributed by atoms with E-state index in [1.54, 1.807) is 6.92 Å². The van der Waals surface area contributed by atoms with Crippen molar-refractivity contribution < 1.29 is 17.2 Å². The molecule has 0 radical (unpaired) electrons. The number of benzene rings is 1. The molecule has 0 unspecified atom stereocenters. The van der Waals surface area contributed by atoms with E-state index in [2.05, 4.69) is 36.6 Å². The van der Waals surface area contributed by atoms with Crippen LogP contribution in [0.25, 0.3) is 0 Å². The molecule has 0 saturated heterocycles. The number of alkyl halides is 2. The number of sulfonamides is 1. The van der Waals surface area contributed by atoms with Gasteiger partial charge in [0.25, 0.3) is 0 Å². The fraction of sp³-hybridized carbons (Fsp3) is 0.400. The van der Waals surface area contributed by atoms with Crippen molar-refractivity contribution in [3.8, 4) is 0 Å². The van der Waals surface area contributed by atoms with Crippen LogP contribution in [0.1, 0.15) is 6.92 Å². The molecule has 0 spiro atoms. The van der Waals surface area contributed by atoms with Gasteiger partial charge in [0.2, 0.25) is 10.0 Å². The average Bonchev–Trinajstić information content (AvgIpc) is 2.31. The first-order valence-corrected chi connectivity index (χ1v) is 8.58. The molecule has 1 aromatic carbocycles. The van der Waals surface area contributed by atoms with Crippen LogP contribution in [-0.4, -0.2) is 24.6 Å². The molecular formula is C10H11Br2F2NO2S. The minimum Gasteiger partial charge on any atom is -0.207 e. The summed E-state index contributed by atoms with van der Waals surface area (Å²) in [7, 11) is -4.12. The predicted octanol–water partition coefficient (Wildman–Crippen LogP) is 2.79. The van der Waals surface area contributed by atoms with Gasteiger partial charge >= 0.3 is 0 Å². The summed E-state index contributed by atoms with van der Waals surface area (Å²) in [5, 5.41) is 0.642. The van der Waals surface area contributed by atoms with Crippen molar-refractivity contribution in [2.75, 3.05) is 10.7 Å². The lowest BCUT2D eigenvalue weighted by Crippen LogP contribution is -2.48. The maximum absolute atomic E-state index is 13.4. The molecule has 8 heteroatoms. The molecule has 0 amide bonds. The number of nitrogens with one attached hydrogen (secondary N) is 1. The van der Waals surface area contributed by atoms with Crippen LogP contribution in [0.5, 0.6) is 0 Å². The van der Waals surface area contributed by atoms with Crippen molar-refractivity contribution in [3.63, 3.8) is 0 Å². The molecule has 0 aromatic heterocycles. The van der Waals surface area contributed by atoms with Crippen molar-refractivity contribution in [3.05, 3.63) is 29.8 Å². The lowest BCUT2D eigenvalue weighted by molar-refractivity contribution is 0.499. The van der Waals surface area contributed by atoms with E-state index in [1.807, 2.05) is 0 Å². The van der Waals surface area contributed by atoms with E-state index in [9.17, 15) is 17.2 Å². The maximum Gasteiger partial charge on any atom is 0.244 e. The molecule has 0 atom stereocenters. The van der Waals surface area contributed by atoms with Crippen LogP contribution < -0.4 is 4.72 Å². The Morgan fingerprint density at radius 1 is 1.28 bits per heavy atom. The molecule has 1 N–H and O–H groups in total. The normalized spacial score (nSPS) is 12.7. The van der Waals surface area contributed by atoms with Crippen molar-refractivity contribution >= 4 is 41.9 Å². The summed E-state index contributed by atoms with van der Waals surface area (Å²) in [5.74, 6) is -1.80. The van der Waals surface area contributed by atoms with Gasteiger partial charge in [0.05, 0.1) is 0 Å². The van der Waals surface area contributed by atoms with Gasteiger partial charge in [0.15, 0.2) is 0 Å². The summed E-state index contributed by atoms with van der Waals surface area (Å²) >= 11 is 6.33.